The highest BCUT2D eigenvalue weighted by Crippen LogP contribution is 2.29. The Hall–Kier alpha value is -1.88. The second kappa shape index (κ2) is 6.72. The van der Waals surface area contributed by atoms with Crippen molar-refractivity contribution in [3.05, 3.63) is 24.3 Å². The molecular weight excluding hydrogens is 266 g/mol. The molecule has 5 heteroatoms. The molecule has 1 aromatic carbocycles. The molecule has 2 rings (SSSR count). The van der Waals surface area contributed by atoms with Gasteiger partial charge < -0.3 is 16.0 Å². The summed E-state index contributed by atoms with van der Waals surface area (Å²) in [5.41, 5.74) is 7.31. The Kier molecular flexibility index (Phi) is 4.96. The number of nitrogens with zero attached hydrogens (tertiary/aromatic N) is 1. The molecule has 21 heavy (non-hydrogen) atoms. The van der Waals surface area contributed by atoms with Crippen molar-refractivity contribution in [3.8, 4) is 0 Å². The summed E-state index contributed by atoms with van der Waals surface area (Å²) in [4.78, 5) is 25.8. The Balaban J connectivity index is 2.13. The number of benzene rings is 1. The lowest BCUT2D eigenvalue weighted by molar-refractivity contribution is -0.118. The molecule has 1 aliphatic rings. The first kappa shape index (κ1) is 15.5. The van der Waals surface area contributed by atoms with Crippen molar-refractivity contribution in [1.29, 1.82) is 0 Å². The summed E-state index contributed by atoms with van der Waals surface area (Å²) in [6.45, 7) is 4.76. The van der Waals surface area contributed by atoms with Gasteiger partial charge in [0.25, 0.3) is 0 Å². The zero-order valence-electron chi connectivity index (χ0n) is 12.6. The molecule has 0 unspecified atom stereocenters. The zero-order valence-corrected chi connectivity index (χ0v) is 12.6. The molecule has 0 aliphatic carbocycles. The molecule has 0 bridgehead atoms. The first-order valence-electron chi connectivity index (χ1n) is 7.45. The van der Waals surface area contributed by atoms with Gasteiger partial charge in [-0.05, 0) is 30.9 Å². The van der Waals surface area contributed by atoms with E-state index in [1.807, 2.05) is 32.0 Å². The number of anilines is 2. The topological polar surface area (TPSA) is 75.4 Å². The maximum Gasteiger partial charge on any atom is 0.241 e. The van der Waals surface area contributed by atoms with Crippen molar-refractivity contribution in [2.75, 3.05) is 16.8 Å². The van der Waals surface area contributed by atoms with Crippen LogP contribution in [0.25, 0.3) is 0 Å². The molecular formula is C16H23N3O2. The summed E-state index contributed by atoms with van der Waals surface area (Å²) in [7, 11) is 0. The summed E-state index contributed by atoms with van der Waals surface area (Å²) in [5.74, 6) is 0.257. The molecule has 1 aromatic rings. The zero-order chi connectivity index (χ0) is 15.4. The van der Waals surface area contributed by atoms with E-state index in [1.165, 1.54) is 0 Å². The minimum absolute atomic E-state index is 0.100. The van der Waals surface area contributed by atoms with Gasteiger partial charge in [-0.15, -0.1) is 0 Å². The summed E-state index contributed by atoms with van der Waals surface area (Å²) < 4.78 is 0. The highest BCUT2D eigenvalue weighted by molar-refractivity contribution is 6.03. The molecule has 0 saturated carbocycles. The quantitative estimate of drug-likeness (QED) is 0.872. The number of para-hydroxylation sites is 2. The average molecular weight is 289 g/mol. The van der Waals surface area contributed by atoms with Gasteiger partial charge in [-0.3, -0.25) is 9.59 Å². The van der Waals surface area contributed by atoms with E-state index in [2.05, 4.69) is 5.32 Å². The average Bonchev–Trinajstić information content (AvgIpc) is 2.84. The third-order valence-electron chi connectivity index (χ3n) is 3.59. The van der Waals surface area contributed by atoms with Gasteiger partial charge in [-0.2, -0.15) is 0 Å². The van der Waals surface area contributed by atoms with Crippen LogP contribution in [0.3, 0.4) is 0 Å². The summed E-state index contributed by atoms with van der Waals surface area (Å²) in [6, 6.07) is 6.83. The van der Waals surface area contributed by atoms with Gasteiger partial charge in [-0.25, -0.2) is 0 Å². The van der Waals surface area contributed by atoms with Gasteiger partial charge in [-0.1, -0.05) is 26.0 Å². The van der Waals surface area contributed by atoms with Crippen LogP contribution in [-0.2, 0) is 9.59 Å². The van der Waals surface area contributed by atoms with Crippen molar-refractivity contribution in [3.63, 3.8) is 0 Å². The number of nitrogens with one attached hydrogen (secondary N) is 1. The lowest BCUT2D eigenvalue weighted by atomic mass is 10.0. The van der Waals surface area contributed by atoms with Crippen LogP contribution in [0.2, 0.25) is 0 Å². The van der Waals surface area contributed by atoms with E-state index in [-0.39, 0.29) is 11.8 Å². The highest BCUT2D eigenvalue weighted by atomic mass is 16.2. The normalized spacial score (nSPS) is 16.4. The SMILES string of the molecule is CC(C)C[C@@H](N)C(=O)Nc1ccccc1N1CCCC1=O. The van der Waals surface area contributed by atoms with E-state index >= 15 is 0 Å². The second-order valence-electron chi connectivity index (χ2n) is 5.89. The largest absolute Gasteiger partial charge is 0.323 e. The molecule has 114 valence electrons. The van der Waals surface area contributed by atoms with Crippen LogP contribution in [0.1, 0.15) is 33.1 Å². The smallest absolute Gasteiger partial charge is 0.241 e. The molecule has 1 aliphatic heterocycles. The maximum atomic E-state index is 12.2. The van der Waals surface area contributed by atoms with Crippen LogP contribution >= 0.6 is 0 Å². The van der Waals surface area contributed by atoms with Gasteiger partial charge in [0.05, 0.1) is 17.4 Å². The van der Waals surface area contributed by atoms with Gasteiger partial charge in [0.1, 0.15) is 0 Å². The molecule has 3 N–H and O–H groups in total. The second-order valence-corrected chi connectivity index (χ2v) is 5.89. The fourth-order valence-electron chi connectivity index (χ4n) is 2.56. The van der Waals surface area contributed by atoms with Crippen molar-refractivity contribution in [2.45, 2.75) is 39.2 Å². The van der Waals surface area contributed by atoms with Crippen molar-refractivity contribution < 1.29 is 9.59 Å². The van der Waals surface area contributed by atoms with Crippen LogP contribution < -0.4 is 16.0 Å². The van der Waals surface area contributed by atoms with Crippen LogP contribution in [0.15, 0.2) is 24.3 Å². The molecule has 1 fully saturated rings. The van der Waals surface area contributed by atoms with Gasteiger partial charge in [0.15, 0.2) is 0 Å². The lowest BCUT2D eigenvalue weighted by Crippen LogP contribution is -2.37. The Labute approximate surface area is 125 Å². The Morgan fingerprint density at radius 3 is 2.71 bits per heavy atom. The molecule has 1 heterocycles. The van der Waals surface area contributed by atoms with Gasteiger partial charge in [0, 0.05) is 13.0 Å². The van der Waals surface area contributed by atoms with E-state index in [9.17, 15) is 9.59 Å². The number of hydrogen-bond donors (Lipinski definition) is 2. The van der Waals surface area contributed by atoms with Gasteiger partial charge >= 0.3 is 0 Å². The molecule has 1 atom stereocenters. The Morgan fingerprint density at radius 1 is 1.38 bits per heavy atom. The lowest BCUT2D eigenvalue weighted by Gasteiger charge is -2.21. The third kappa shape index (κ3) is 3.82. The minimum atomic E-state index is -0.535. The monoisotopic (exact) mass is 289 g/mol. The number of hydrogen-bond acceptors (Lipinski definition) is 3. The van der Waals surface area contributed by atoms with Crippen molar-refractivity contribution in [1.82, 2.24) is 0 Å². The number of carbonyl (C=O) groups excluding carboxylic acids is 2. The summed E-state index contributed by atoms with van der Waals surface area (Å²) in [6.07, 6.45) is 2.06. The van der Waals surface area contributed by atoms with Gasteiger partial charge in [0.2, 0.25) is 11.8 Å². The standard InChI is InChI=1S/C16H23N3O2/c1-11(2)10-12(17)16(21)18-13-6-3-4-7-14(13)19-9-5-8-15(19)20/h3-4,6-7,11-12H,5,8-10,17H2,1-2H3,(H,18,21)/t12-/m1/s1. The highest BCUT2D eigenvalue weighted by Gasteiger charge is 2.25. The summed E-state index contributed by atoms with van der Waals surface area (Å²) >= 11 is 0. The number of nitrogens with two attached hydrogens (primary N) is 1. The van der Waals surface area contributed by atoms with E-state index in [0.717, 1.165) is 12.1 Å². The molecule has 0 spiro atoms. The van der Waals surface area contributed by atoms with Crippen molar-refractivity contribution >= 4 is 23.2 Å². The maximum absolute atomic E-state index is 12.2. The van der Waals surface area contributed by atoms with E-state index in [4.69, 9.17) is 5.73 Å². The van der Waals surface area contributed by atoms with Crippen LogP contribution in [0.5, 0.6) is 0 Å². The number of rotatable bonds is 5. The Morgan fingerprint density at radius 2 is 2.10 bits per heavy atom. The fourth-order valence-corrected chi connectivity index (χ4v) is 2.56. The molecule has 2 amide bonds. The predicted octanol–water partition coefficient (Wildman–Crippen LogP) is 2.13. The van der Waals surface area contributed by atoms with E-state index in [0.29, 0.717) is 31.0 Å². The van der Waals surface area contributed by atoms with Crippen LogP contribution in [0, 0.1) is 5.92 Å². The number of carbonyl (C=O) groups is 2. The van der Waals surface area contributed by atoms with Crippen molar-refractivity contribution in [2.24, 2.45) is 11.7 Å². The molecule has 0 radical (unpaired) electrons. The summed E-state index contributed by atoms with van der Waals surface area (Å²) in [5, 5.41) is 2.86. The predicted molar refractivity (Wildman–Crippen MR) is 84.1 cm³/mol. The molecule has 5 nitrogen and oxygen atoms in total. The fraction of sp³-hybridized carbons (Fsp3) is 0.500. The first-order chi connectivity index (χ1) is 9.99. The van der Waals surface area contributed by atoms with Crippen LogP contribution in [-0.4, -0.2) is 24.4 Å². The van der Waals surface area contributed by atoms with E-state index in [1.54, 1.807) is 11.0 Å². The Bertz CT molecular complexity index is 528. The third-order valence-corrected chi connectivity index (χ3v) is 3.59. The number of amides is 2. The van der Waals surface area contributed by atoms with Crippen LogP contribution in [0.4, 0.5) is 11.4 Å². The molecule has 0 aromatic heterocycles. The minimum Gasteiger partial charge on any atom is -0.323 e. The van der Waals surface area contributed by atoms with E-state index < -0.39 is 6.04 Å². The first-order valence-corrected chi connectivity index (χ1v) is 7.45. The molecule has 1 saturated heterocycles.